The van der Waals surface area contributed by atoms with E-state index < -0.39 is 4.92 Å². The molecule has 0 radical (unpaired) electrons. The molecule has 0 aliphatic heterocycles. The molecule has 0 unspecified atom stereocenters. The molecule has 20 heavy (non-hydrogen) atoms. The summed E-state index contributed by atoms with van der Waals surface area (Å²) in [6, 6.07) is 6.51. The number of rotatable bonds is 5. The number of carbonyl (C=O) groups is 1. The standard InChI is InChI=1S/C13H12BrN3O3/c14-11-5-2-9(8-12(11)17(19)20)13(18)16(7-1-6-15)10-3-4-10/h2,5,8,10H,1,3-4,7H2. The van der Waals surface area contributed by atoms with Crippen LogP contribution in [0, 0.1) is 21.4 Å². The van der Waals surface area contributed by atoms with E-state index in [4.69, 9.17) is 5.26 Å². The van der Waals surface area contributed by atoms with E-state index in [1.54, 1.807) is 11.0 Å². The molecule has 104 valence electrons. The molecule has 0 N–H and O–H groups in total. The van der Waals surface area contributed by atoms with Gasteiger partial charge in [-0.2, -0.15) is 5.26 Å². The van der Waals surface area contributed by atoms with Gasteiger partial charge in [-0.3, -0.25) is 14.9 Å². The van der Waals surface area contributed by atoms with Crippen LogP contribution in [0.3, 0.4) is 0 Å². The number of nitrogens with zero attached hydrogens (tertiary/aromatic N) is 3. The first-order valence-electron chi connectivity index (χ1n) is 6.16. The minimum absolute atomic E-state index is 0.133. The number of nitriles is 1. The molecule has 1 fully saturated rings. The summed E-state index contributed by atoms with van der Waals surface area (Å²) in [4.78, 5) is 24.4. The number of benzene rings is 1. The zero-order chi connectivity index (χ0) is 14.7. The molecule has 1 aromatic rings. The second-order valence-corrected chi connectivity index (χ2v) is 5.42. The lowest BCUT2D eigenvalue weighted by molar-refractivity contribution is -0.385. The molecule has 0 saturated heterocycles. The number of carbonyl (C=O) groups excluding carboxylic acids is 1. The van der Waals surface area contributed by atoms with Crippen LogP contribution >= 0.6 is 15.9 Å². The highest BCUT2D eigenvalue weighted by Crippen LogP contribution is 2.30. The fourth-order valence-electron chi connectivity index (χ4n) is 1.96. The number of nitro groups is 1. The maximum absolute atomic E-state index is 12.4. The van der Waals surface area contributed by atoms with E-state index in [9.17, 15) is 14.9 Å². The van der Waals surface area contributed by atoms with Crippen molar-refractivity contribution in [1.29, 1.82) is 5.26 Å². The van der Waals surface area contributed by atoms with E-state index in [2.05, 4.69) is 15.9 Å². The Labute approximate surface area is 124 Å². The van der Waals surface area contributed by atoms with Gasteiger partial charge in [0.05, 0.1) is 21.9 Å². The summed E-state index contributed by atoms with van der Waals surface area (Å²) in [5, 5.41) is 19.5. The summed E-state index contributed by atoms with van der Waals surface area (Å²) in [5.74, 6) is -0.252. The van der Waals surface area contributed by atoms with Gasteiger partial charge in [0, 0.05) is 24.2 Å². The first-order valence-corrected chi connectivity index (χ1v) is 6.95. The molecular weight excluding hydrogens is 326 g/mol. The van der Waals surface area contributed by atoms with Crippen molar-refractivity contribution >= 4 is 27.5 Å². The molecule has 0 heterocycles. The molecule has 1 aliphatic rings. The largest absolute Gasteiger partial charge is 0.335 e. The van der Waals surface area contributed by atoms with Crippen LogP contribution in [0.5, 0.6) is 0 Å². The summed E-state index contributed by atoms with van der Waals surface area (Å²) in [6.07, 6.45) is 2.12. The van der Waals surface area contributed by atoms with Crippen LogP contribution in [-0.2, 0) is 0 Å². The van der Waals surface area contributed by atoms with Crippen molar-refractivity contribution < 1.29 is 9.72 Å². The molecule has 0 aromatic heterocycles. The van der Waals surface area contributed by atoms with Crippen molar-refractivity contribution in [3.05, 3.63) is 38.3 Å². The monoisotopic (exact) mass is 337 g/mol. The molecule has 1 saturated carbocycles. The first-order chi connectivity index (χ1) is 9.54. The molecule has 0 bridgehead atoms. The van der Waals surface area contributed by atoms with Crippen LogP contribution in [0.25, 0.3) is 0 Å². The Morgan fingerprint density at radius 3 is 2.80 bits per heavy atom. The lowest BCUT2D eigenvalue weighted by Gasteiger charge is -2.21. The van der Waals surface area contributed by atoms with Gasteiger partial charge in [-0.15, -0.1) is 0 Å². The second-order valence-electron chi connectivity index (χ2n) is 4.56. The summed E-state index contributed by atoms with van der Waals surface area (Å²) in [6.45, 7) is 0.365. The van der Waals surface area contributed by atoms with Crippen molar-refractivity contribution in [2.75, 3.05) is 6.54 Å². The van der Waals surface area contributed by atoms with Gasteiger partial charge in [0.15, 0.2) is 0 Å². The Balaban J connectivity index is 2.25. The fraction of sp³-hybridized carbons (Fsp3) is 0.385. The molecular formula is C13H12BrN3O3. The summed E-state index contributed by atoms with van der Waals surface area (Å²) < 4.78 is 0.342. The number of amides is 1. The summed E-state index contributed by atoms with van der Waals surface area (Å²) >= 11 is 3.09. The van der Waals surface area contributed by atoms with Crippen LogP contribution in [-0.4, -0.2) is 28.3 Å². The van der Waals surface area contributed by atoms with Crippen molar-refractivity contribution in [2.24, 2.45) is 0 Å². The highest BCUT2D eigenvalue weighted by molar-refractivity contribution is 9.10. The lowest BCUT2D eigenvalue weighted by atomic mass is 10.1. The van der Waals surface area contributed by atoms with Crippen molar-refractivity contribution in [2.45, 2.75) is 25.3 Å². The van der Waals surface area contributed by atoms with Crippen LogP contribution < -0.4 is 0 Å². The topological polar surface area (TPSA) is 87.2 Å². The fourth-order valence-corrected chi connectivity index (χ4v) is 2.35. The predicted octanol–water partition coefficient (Wildman–Crippen LogP) is 2.88. The smallest absolute Gasteiger partial charge is 0.284 e. The molecule has 2 rings (SSSR count). The third kappa shape index (κ3) is 3.14. The van der Waals surface area contributed by atoms with Gasteiger partial charge in [-0.25, -0.2) is 0 Å². The highest BCUT2D eigenvalue weighted by atomic mass is 79.9. The van der Waals surface area contributed by atoms with Gasteiger partial charge in [-0.05, 0) is 40.9 Å². The lowest BCUT2D eigenvalue weighted by Crippen LogP contribution is -2.33. The van der Waals surface area contributed by atoms with E-state index in [1.165, 1.54) is 12.1 Å². The predicted molar refractivity (Wildman–Crippen MR) is 75.1 cm³/mol. The van der Waals surface area contributed by atoms with E-state index in [0.29, 0.717) is 11.0 Å². The minimum atomic E-state index is -0.530. The maximum Gasteiger partial charge on any atom is 0.284 e. The Morgan fingerprint density at radius 2 is 2.25 bits per heavy atom. The Morgan fingerprint density at radius 1 is 1.55 bits per heavy atom. The van der Waals surface area contributed by atoms with Gasteiger partial charge in [0.2, 0.25) is 0 Å². The highest BCUT2D eigenvalue weighted by Gasteiger charge is 2.33. The Hall–Kier alpha value is -1.94. The van der Waals surface area contributed by atoms with Crippen LogP contribution in [0.2, 0.25) is 0 Å². The SMILES string of the molecule is N#CCCN(C(=O)c1ccc(Br)c([N+](=O)[O-])c1)C1CC1. The van der Waals surface area contributed by atoms with E-state index in [-0.39, 0.29) is 29.6 Å². The molecule has 7 heteroatoms. The zero-order valence-corrected chi connectivity index (χ0v) is 12.2. The zero-order valence-electron chi connectivity index (χ0n) is 10.6. The number of hydrogen-bond donors (Lipinski definition) is 0. The van der Waals surface area contributed by atoms with Crippen LogP contribution in [0.4, 0.5) is 5.69 Å². The third-order valence-corrected chi connectivity index (χ3v) is 3.77. The maximum atomic E-state index is 12.4. The average Bonchev–Trinajstić information content (AvgIpc) is 3.23. The van der Waals surface area contributed by atoms with E-state index >= 15 is 0 Å². The van der Waals surface area contributed by atoms with Gasteiger partial charge in [0.25, 0.3) is 11.6 Å². The van der Waals surface area contributed by atoms with Crippen molar-refractivity contribution in [1.82, 2.24) is 4.90 Å². The van der Waals surface area contributed by atoms with Gasteiger partial charge in [0.1, 0.15) is 0 Å². The Bertz CT molecular complexity index is 593. The number of hydrogen-bond acceptors (Lipinski definition) is 4. The van der Waals surface area contributed by atoms with Crippen LogP contribution in [0.1, 0.15) is 29.6 Å². The average molecular weight is 338 g/mol. The Kier molecular flexibility index (Phi) is 4.35. The van der Waals surface area contributed by atoms with Gasteiger partial charge in [-0.1, -0.05) is 0 Å². The van der Waals surface area contributed by atoms with E-state index in [0.717, 1.165) is 12.8 Å². The summed E-state index contributed by atoms with van der Waals surface area (Å²) in [7, 11) is 0. The van der Waals surface area contributed by atoms with Gasteiger partial charge >= 0.3 is 0 Å². The third-order valence-electron chi connectivity index (χ3n) is 3.10. The van der Waals surface area contributed by atoms with Crippen molar-refractivity contribution in [3.8, 4) is 6.07 Å². The first kappa shape index (κ1) is 14.5. The molecule has 1 aliphatic carbocycles. The molecule has 6 nitrogen and oxygen atoms in total. The normalized spacial score (nSPS) is 13.6. The van der Waals surface area contributed by atoms with Crippen molar-refractivity contribution in [3.63, 3.8) is 0 Å². The molecule has 1 amide bonds. The minimum Gasteiger partial charge on any atom is -0.335 e. The number of nitro benzene ring substituents is 1. The molecule has 1 aromatic carbocycles. The molecule has 0 atom stereocenters. The van der Waals surface area contributed by atoms with Crippen LogP contribution in [0.15, 0.2) is 22.7 Å². The van der Waals surface area contributed by atoms with E-state index in [1.807, 2.05) is 6.07 Å². The number of halogens is 1. The van der Waals surface area contributed by atoms with Gasteiger partial charge < -0.3 is 4.90 Å². The summed E-state index contributed by atoms with van der Waals surface area (Å²) in [5.41, 5.74) is 0.150. The molecule has 0 spiro atoms. The quantitative estimate of drug-likeness (QED) is 0.610. The second kappa shape index (κ2) is 6.01.